The second kappa shape index (κ2) is 7.93. The molecule has 26 heavy (non-hydrogen) atoms. The number of anilines is 2. The van der Waals surface area contributed by atoms with Crippen molar-refractivity contribution in [1.82, 2.24) is 20.3 Å². The number of nitrogens with one attached hydrogen (secondary N) is 2. The average Bonchev–Trinajstić information content (AvgIpc) is 2.62. The van der Waals surface area contributed by atoms with E-state index in [1.54, 1.807) is 24.5 Å². The number of aromatic nitrogens is 3. The van der Waals surface area contributed by atoms with Crippen molar-refractivity contribution in [3.63, 3.8) is 0 Å². The second-order valence-electron chi connectivity index (χ2n) is 5.85. The number of benzene rings is 1. The molecular weight excluding hydrogens is 350 g/mol. The van der Waals surface area contributed by atoms with Crippen LogP contribution in [0.2, 0.25) is 5.02 Å². The summed E-state index contributed by atoms with van der Waals surface area (Å²) in [5.74, 6) is 0.0946. The minimum atomic E-state index is -0.268. The van der Waals surface area contributed by atoms with Crippen molar-refractivity contribution in [2.45, 2.75) is 20.4 Å². The van der Waals surface area contributed by atoms with E-state index in [1.807, 2.05) is 38.1 Å². The summed E-state index contributed by atoms with van der Waals surface area (Å²) < 4.78 is 0. The van der Waals surface area contributed by atoms with Gasteiger partial charge in [-0.1, -0.05) is 17.7 Å². The molecule has 132 valence electrons. The first-order valence-corrected chi connectivity index (χ1v) is 8.45. The van der Waals surface area contributed by atoms with Crippen molar-refractivity contribution in [3.8, 4) is 0 Å². The number of carbonyl (C=O) groups is 1. The highest BCUT2D eigenvalue weighted by Crippen LogP contribution is 2.22. The van der Waals surface area contributed by atoms with Gasteiger partial charge in [-0.15, -0.1) is 0 Å². The SMILES string of the molecule is Cc1cc(C(=O)NCc2cccnc2)nc(Nc2ccc(Cl)cc2C)n1. The van der Waals surface area contributed by atoms with E-state index in [2.05, 4.69) is 25.6 Å². The lowest BCUT2D eigenvalue weighted by atomic mass is 10.2. The van der Waals surface area contributed by atoms with Gasteiger partial charge in [-0.25, -0.2) is 9.97 Å². The molecule has 2 aromatic heterocycles. The Morgan fingerprint density at radius 1 is 1.15 bits per heavy atom. The van der Waals surface area contributed by atoms with Gasteiger partial charge >= 0.3 is 0 Å². The largest absolute Gasteiger partial charge is 0.347 e. The fraction of sp³-hybridized carbons (Fsp3) is 0.158. The fourth-order valence-corrected chi connectivity index (χ4v) is 2.63. The number of carbonyl (C=O) groups excluding carboxylic acids is 1. The summed E-state index contributed by atoms with van der Waals surface area (Å²) in [5, 5.41) is 6.64. The number of pyridine rings is 1. The number of halogens is 1. The van der Waals surface area contributed by atoms with Crippen LogP contribution < -0.4 is 10.6 Å². The quantitative estimate of drug-likeness (QED) is 0.716. The van der Waals surface area contributed by atoms with Gasteiger partial charge in [0.05, 0.1) is 0 Å². The molecule has 0 aliphatic heterocycles. The lowest BCUT2D eigenvalue weighted by Gasteiger charge is -2.11. The van der Waals surface area contributed by atoms with E-state index in [1.165, 1.54) is 0 Å². The first kappa shape index (κ1) is 17.8. The van der Waals surface area contributed by atoms with Gasteiger partial charge in [0.25, 0.3) is 5.91 Å². The Morgan fingerprint density at radius 2 is 2.00 bits per heavy atom. The summed E-state index contributed by atoms with van der Waals surface area (Å²) in [6.07, 6.45) is 3.40. The van der Waals surface area contributed by atoms with E-state index in [0.29, 0.717) is 28.9 Å². The third-order valence-corrected chi connectivity index (χ3v) is 3.93. The Kier molecular flexibility index (Phi) is 5.43. The summed E-state index contributed by atoms with van der Waals surface area (Å²) in [7, 11) is 0. The standard InChI is InChI=1S/C19H18ClN5O/c1-12-8-15(20)5-6-16(12)24-19-23-13(2)9-17(25-19)18(26)22-11-14-4-3-7-21-10-14/h3-10H,11H2,1-2H3,(H,22,26)(H,23,24,25). The lowest BCUT2D eigenvalue weighted by Crippen LogP contribution is -2.24. The van der Waals surface area contributed by atoms with Crippen LogP contribution in [0.5, 0.6) is 0 Å². The maximum absolute atomic E-state index is 12.4. The van der Waals surface area contributed by atoms with Crippen molar-refractivity contribution in [3.05, 3.63) is 76.3 Å². The highest BCUT2D eigenvalue weighted by atomic mass is 35.5. The molecule has 0 bridgehead atoms. The number of hydrogen-bond donors (Lipinski definition) is 2. The van der Waals surface area contributed by atoms with Crippen molar-refractivity contribution in [1.29, 1.82) is 0 Å². The van der Waals surface area contributed by atoms with Crippen molar-refractivity contribution in [2.75, 3.05) is 5.32 Å². The van der Waals surface area contributed by atoms with Crippen LogP contribution in [-0.2, 0) is 6.54 Å². The molecular formula is C19H18ClN5O. The molecule has 1 aromatic carbocycles. The molecule has 7 heteroatoms. The van der Waals surface area contributed by atoms with Crippen molar-refractivity contribution >= 4 is 29.1 Å². The van der Waals surface area contributed by atoms with Crippen molar-refractivity contribution < 1.29 is 4.79 Å². The predicted octanol–water partition coefficient (Wildman–Crippen LogP) is 3.82. The van der Waals surface area contributed by atoms with Crippen LogP contribution in [0, 0.1) is 13.8 Å². The number of aryl methyl sites for hydroxylation is 2. The van der Waals surface area contributed by atoms with Crippen LogP contribution in [0.3, 0.4) is 0 Å². The van der Waals surface area contributed by atoms with Crippen LogP contribution in [0.4, 0.5) is 11.6 Å². The van der Waals surface area contributed by atoms with Gasteiger partial charge in [0.2, 0.25) is 5.95 Å². The van der Waals surface area contributed by atoms with Gasteiger partial charge < -0.3 is 10.6 Å². The smallest absolute Gasteiger partial charge is 0.270 e. The minimum absolute atomic E-state index is 0.268. The van der Waals surface area contributed by atoms with Crippen LogP contribution in [-0.4, -0.2) is 20.9 Å². The summed E-state index contributed by atoms with van der Waals surface area (Å²) >= 11 is 5.98. The fourth-order valence-electron chi connectivity index (χ4n) is 2.40. The molecule has 0 aliphatic rings. The Balaban J connectivity index is 1.75. The molecule has 2 heterocycles. The molecule has 0 aliphatic carbocycles. The number of rotatable bonds is 5. The topological polar surface area (TPSA) is 79.8 Å². The number of hydrogen-bond acceptors (Lipinski definition) is 5. The summed E-state index contributed by atoms with van der Waals surface area (Å²) in [6, 6.07) is 10.9. The third kappa shape index (κ3) is 4.55. The van der Waals surface area contributed by atoms with Gasteiger partial charge in [-0.05, 0) is 55.3 Å². The van der Waals surface area contributed by atoms with Crippen LogP contribution in [0.25, 0.3) is 0 Å². The average molecular weight is 368 g/mol. The highest BCUT2D eigenvalue weighted by Gasteiger charge is 2.11. The minimum Gasteiger partial charge on any atom is -0.347 e. The van der Waals surface area contributed by atoms with Gasteiger partial charge in [-0.2, -0.15) is 0 Å². The predicted molar refractivity (Wildman–Crippen MR) is 102 cm³/mol. The molecule has 1 amide bonds. The van der Waals surface area contributed by atoms with E-state index < -0.39 is 0 Å². The molecule has 3 aromatic rings. The lowest BCUT2D eigenvalue weighted by molar-refractivity contribution is 0.0945. The first-order valence-electron chi connectivity index (χ1n) is 8.07. The monoisotopic (exact) mass is 367 g/mol. The number of nitrogens with zero attached hydrogens (tertiary/aromatic N) is 3. The molecule has 0 saturated carbocycles. The van der Waals surface area contributed by atoms with Crippen LogP contribution >= 0.6 is 11.6 Å². The van der Waals surface area contributed by atoms with E-state index in [4.69, 9.17) is 11.6 Å². The summed E-state index contributed by atoms with van der Waals surface area (Å²) in [4.78, 5) is 25.1. The normalized spacial score (nSPS) is 10.4. The summed E-state index contributed by atoms with van der Waals surface area (Å²) in [6.45, 7) is 4.14. The molecule has 0 atom stereocenters. The Hall–Kier alpha value is -2.99. The molecule has 0 spiro atoms. The Labute approximate surface area is 156 Å². The van der Waals surface area contributed by atoms with E-state index in [9.17, 15) is 4.79 Å². The van der Waals surface area contributed by atoms with Gasteiger partial charge in [0.15, 0.2) is 0 Å². The zero-order chi connectivity index (χ0) is 18.5. The number of amides is 1. The molecule has 3 rings (SSSR count). The maximum atomic E-state index is 12.4. The maximum Gasteiger partial charge on any atom is 0.270 e. The molecule has 0 saturated heterocycles. The Morgan fingerprint density at radius 3 is 2.73 bits per heavy atom. The van der Waals surface area contributed by atoms with E-state index in [0.717, 1.165) is 16.8 Å². The van der Waals surface area contributed by atoms with Crippen LogP contribution in [0.15, 0.2) is 48.8 Å². The summed E-state index contributed by atoms with van der Waals surface area (Å²) in [5.41, 5.74) is 3.71. The van der Waals surface area contributed by atoms with Gasteiger partial charge in [0.1, 0.15) is 5.69 Å². The van der Waals surface area contributed by atoms with E-state index >= 15 is 0 Å². The highest BCUT2D eigenvalue weighted by molar-refractivity contribution is 6.30. The van der Waals surface area contributed by atoms with Gasteiger partial charge in [0, 0.05) is 35.3 Å². The molecule has 2 N–H and O–H groups in total. The van der Waals surface area contributed by atoms with Crippen molar-refractivity contribution in [2.24, 2.45) is 0 Å². The second-order valence-corrected chi connectivity index (χ2v) is 6.28. The molecule has 0 fully saturated rings. The first-order chi connectivity index (χ1) is 12.5. The third-order valence-electron chi connectivity index (χ3n) is 3.70. The zero-order valence-corrected chi connectivity index (χ0v) is 15.2. The van der Waals surface area contributed by atoms with E-state index in [-0.39, 0.29) is 5.91 Å². The molecule has 6 nitrogen and oxygen atoms in total. The van der Waals surface area contributed by atoms with Gasteiger partial charge in [-0.3, -0.25) is 9.78 Å². The Bertz CT molecular complexity index is 930. The molecule has 0 radical (unpaired) electrons. The molecule has 0 unspecified atom stereocenters. The zero-order valence-electron chi connectivity index (χ0n) is 14.5. The van der Waals surface area contributed by atoms with Crippen LogP contribution in [0.1, 0.15) is 27.3 Å².